The third-order valence-corrected chi connectivity index (χ3v) is 2.10. The molecule has 1 amide bonds. The Hall–Kier alpha value is -1.35. The first-order chi connectivity index (χ1) is 6.69. The van der Waals surface area contributed by atoms with Crippen LogP contribution in [0.5, 0.6) is 0 Å². The van der Waals surface area contributed by atoms with Crippen LogP contribution in [0.3, 0.4) is 0 Å². The topological polar surface area (TPSA) is 40.5 Å². The van der Waals surface area contributed by atoms with E-state index in [1.807, 2.05) is 38.1 Å². The molecule has 3 nitrogen and oxygen atoms in total. The number of anilines is 1. The fourth-order valence-corrected chi connectivity index (χ4v) is 1.31. The average molecular weight is 193 g/mol. The monoisotopic (exact) mass is 193 g/mol. The van der Waals surface area contributed by atoms with E-state index in [4.69, 9.17) is 5.11 Å². The summed E-state index contributed by atoms with van der Waals surface area (Å²) in [4.78, 5) is 12.9. The van der Waals surface area contributed by atoms with Crippen molar-refractivity contribution in [2.45, 2.75) is 13.8 Å². The number of amides is 1. The third-order valence-electron chi connectivity index (χ3n) is 2.10. The van der Waals surface area contributed by atoms with Crippen molar-refractivity contribution in [3.63, 3.8) is 0 Å². The molecule has 76 valence electrons. The van der Waals surface area contributed by atoms with Gasteiger partial charge in [-0.3, -0.25) is 4.79 Å². The van der Waals surface area contributed by atoms with Gasteiger partial charge in [0.25, 0.3) is 5.91 Å². The molecule has 0 heterocycles. The lowest BCUT2D eigenvalue weighted by Gasteiger charge is -2.19. The number of hydrogen-bond acceptors (Lipinski definition) is 2. The predicted octanol–water partition coefficient (Wildman–Crippen LogP) is 1.34. The minimum absolute atomic E-state index is 0.267. The highest BCUT2D eigenvalue weighted by molar-refractivity contribution is 5.94. The van der Waals surface area contributed by atoms with Crippen molar-refractivity contribution in [3.05, 3.63) is 29.8 Å². The number of carbonyl (C=O) groups is 1. The largest absolute Gasteiger partial charge is 0.387 e. The van der Waals surface area contributed by atoms with Crippen molar-refractivity contribution in [1.82, 2.24) is 0 Å². The summed E-state index contributed by atoms with van der Waals surface area (Å²) in [5.74, 6) is -0.267. The van der Waals surface area contributed by atoms with Crippen LogP contribution in [0.4, 0.5) is 5.69 Å². The molecule has 1 aromatic carbocycles. The Morgan fingerprint density at radius 1 is 1.36 bits per heavy atom. The molecular weight excluding hydrogens is 178 g/mol. The summed E-state index contributed by atoms with van der Waals surface area (Å²) in [5, 5.41) is 8.76. The molecule has 1 N–H and O–H groups in total. The molecular formula is C11H15NO2. The molecule has 1 aromatic rings. The molecule has 0 saturated heterocycles. The van der Waals surface area contributed by atoms with E-state index in [1.165, 1.54) is 0 Å². The molecule has 14 heavy (non-hydrogen) atoms. The number of aryl methyl sites for hydroxylation is 1. The molecule has 0 bridgehead atoms. The maximum Gasteiger partial charge on any atom is 0.252 e. The van der Waals surface area contributed by atoms with Gasteiger partial charge in [0.2, 0.25) is 0 Å². The van der Waals surface area contributed by atoms with Gasteiger partial charge in [0.1, 0.15) is 6.61 Å². The molecule has 0 aliphatic carbocycles. The first-order valence-corrected chi connectivity index (χ1v) is 4.67. The van der Waals surface area contributed by atoms with E-state index in [-0.39, 0.29) is 5.91 Å². The van der Waals surface area contributed by atoms with E-state index < -0.39 is 6.61 Å². The van der Waals surface area contributed by atoms with Gasteiger partial charge < -0.3 is 10.0 Å². The molecule has 0 saturated carbocycles. The van der Waals surface area contributed by atoms with Gasteiger partial charge in [-0.05, 0) is 26.0 Å². The molecule has 0 unspecified atom stereocenters. The Morgan fingerprint density at radius 3 is 2.36 bits per heavy atom. The van der Waals surface area contributed by atoms with Crippen molar-refractivity contribution < 1.29 is 9.90 Å². The lowest BCUT2D eigenvalue weighted by molar-refractivity contribution is -0.121. The van der Waals surface area contributed by atoms with E-state index in [1.54, 1.807) is 4.90 Å². The standard InChI is InChI=1S/C11H15NO2/c1-3-12(11(14)8-13)10-6-4-9(2)5-7-10/h4-7,13H,3,8H2,1-2H3. The summed E-state index contributed by atoms with van der Waals surface area (Å²) in [6, 6.07) is 7.66. The van der Waals surface area contributed by atoms with Gasteiger partial charge in [0.05, 0.1) is 0 Å². The highest BCUT2D eigenvalue weighted by atomic mass is 16.3. The van der Waals surface area contributed by atoms with Crippen LogP contribution in [0.1, 0.15) is 12.5 Å². The Labute approximate surface area is 84.0 Å². The number of nitrogens with zero attached hydrogens (tertiary/aromatic N) is 1. The summed E-state index contributed by atoms with van der Waals surface area (Å²) in [6.45, 7) is 4.01. The number of aliphatic hydroxyl groups excluding tert-OH is 1. The molecule has 0 fully saturated rings. The van der Waals surface area contributed by atoms with Crippen LogP contribution in [0.25, 0.3) is 0 Å². The highest BCUT2D eigenvalue weighted by Crippen LogP contribution is 2.14. The molecule has 0 aliphatic rings. The molecule has 3 heteroatoms. The second-order valence-electron chi connectivity index (χ2n) is 3.13. The number of carbonyl (C=O) groups excluding carboxylic acids is 1. The molecule has 0 atom stereocenters. The number of aliphatic hydroxyl groups is 1. The number of benzene rings is 1. The normalized spacial score (nSPS) is 9.93. The van der Waals surface area contributed by atoms with Gasteiger partial charge in [-0.25, -0.2) is 0 Å². The predicted molar refractivity (Wildman–Crippen MR) is 56.3 cm³/mol. The molecule has 1 rings (SSSR count). The second kappa shape index (κ2) is 4.77. The molecule has 0 radical (unpaired) electrons. The smallest absolute Gasteiger partial charge is 0.252 e. The number of hydrogen-bond donors (Lipinski definition) is 1. The average Bonchev–Trinajstić information content (AvgIpc) is 2.21. The summed E-state index contributed by atoms with van der Waals surface area (Å²) in [6.07, 6.45) is 0. The Balaban J connectivity index is 2.89. The molecule has 0 aromatic heterocycles. The van der Waals surface area contributed by atoms with E-state index in [9.17, 15) is 4.79 Å². The maximum atomic E-state index is 11.3. The lowest BCUT2D eigenvalue weighted by Crippen LogP contribution is -2.32. The van der Waals surface area contributed by atoms with Crippen molar-refractivity contribution in [3.8, 4) is 0 Å². The van der Waals surface area contributed by atoms with Crippen LogP contribution >= 0.6 is 0 Å². The fraction of sp³-hybridized carbons (Fsp3) is 0.364. The Kier molecular flexibility index (Phi) is 3.65. The summed E-state index contributed by atoms with van der Waals surface area (Å²) in [7, 11) is 0. The number of likely N-dealkylation sites (N-methyl/N-ethyl adjacent to an activating group) is 1. The minimum atomic E-state index is -0.443. The van der Waals surface area contributed by atoms with Crippen molar-refractivity contribution in [2.24, 2.45) is 0 Å². The fourth-order valence-electron chi connectivity index (χ4n) is 1.31. The SMILES string of the molecule is CCN(C(=O)CO)c1ccc(C)cc1. The zero-order valence-corrected chi connectivity index (χ0v) is 8.53. The zero-order valence-electron chi connectivity index (χ0n) is 8.53. The van der Waals surface area contributed by atoms with Crippen molar-refractivity contribution in [1.29, 1.82) is 0 Å². The van der Waals surface area contributed by atoms with Gasteiger partial charge >= 0.3 is 0 Å². The van der Waals surface area contributed by atoms with Crippen molar-refractivity contribution >= 4 is 11.6 Å². The van der Waals surface area contributed by atoms with E-state index in [0.717, 1.165) is 11.3 Å². The molecule has 0 aliphatic heterocycles. The third kappa shape index (κ3) is 2.33. The first kappa shape index (κ1) is 10.7. The van der Waals surface area contributed by atoms with Gasteiger partial charge in [-0.15, -0.1) is 0 Å². The zero-order chi connectivity index (χ0) is 10.6. The van der Waals surface area contributed by atoms with Crippen LogP contribution in [0, 0.1) is 6.92 Å². The summed E-state index contributed by atoms with van der Waals surface area (Å²) >= 11 is 0. The van der Waals surface area contributed by atoms with Crippen LogP contribution in [-0.2, 0) is 4.79 Å². The van der Waals surface area contributed by atoms with Crippen LogP contribution in [0.15, 0.2) is 24.3 Å². The van der Waals surface area contributed by atoms with Crippen LogP contribution in [0.2, 0.25) is 0 Å². The summed E-state index contributed by atoms with van der Waals surface area (Å²) < 4.78 is 0. The highest BCUT2D eigenvalue weighted by Gasteiger charge is 2.11. The van der Waals surface area contributed by atoms with Gasteiger partial charge in [-0.1, -0.05) is 17.7 Å². The van der Waals surface area contributed by atoms with E-state index in [2.05, 4.69) is 0 Å². The van der Waals surface area contributed by atoms with E-state index in [0.29, 0.717) is 6.54 Å². The Morgan fingerprint density at radius 2 is 1.93 bits per heavy atom. The van der Waals surface area contributed by atoms with Gasteiger partial charge in [0.15, 0.2) is 0 Å². The van der Waals surface area contributed by atoms with Gasteiger partial charge in [-0.2, -0.15) is 0 Å². The Bertz CT molecular complexity index is 306. The first-order valence-electron chi connectivity index (χ1n) is 4.67. The van der Waals surface area contributed by atoms with Crippen molar-refractivity contribution in [2.75, 3.05) is 18.1 Å². The molecule has 0 spiro atoms. The van der Waals surface area contributed by atoms with E-state index >= 15 is 0 Å². The lowest BCUT2D eigenvalue weighted by atomic mass is 10.2. The van der Waals surface area contributed by atoms with Gasteiger partial charge in [0, 0.05) is 12.2 Å². The van der Waals surface area contributed by atoms with Crippen LogP contribution < -0.4 is 4.90 Å². The quantitative estimate of drug-likeness (QED) is 0.787. The summed E-state index contributed by atoms with van der Waals surface area (Å²) in [5.41, 5.74) is 1.98. The second-order valence-corrected chi connectivity index (χ2v) is 3.13. The maximum absolute atomic E-state index is 11.3. The minimum Gasteiger partial charge on any atom is -0.387 e. The van der Waals surface area contributed by atoms with Crippen LogP contribution in [-0.4, -0.2) is 24.2 Å². The number of rotatable bonds is 3.